The maximum atomic E-state index is 14.2. The first-order valence-corrected chi connectivity index (χ1v) is 15.2. The molecule has 3 fully saturated rings. The van der Waals surface area contributed by atoms with Crippen molar-refractivity contribution in [3.63, 3.8) is 0 Å². The van der Waals surface area contributed by atoms with Crippen molar-refractivity contribution in [3.8, 4) is 5.95 Å². The molecule has 1 saturated carbocycles. The molecule has 234 valence electrons. The Kier molecular flexibility index (Phi) is 7.69. The number of para-hydroxylation sites is 2. The number of piperazine rings is 1. The molecule has 0 radical (unpaired) electrons. The molecule has 0 unspecified atom stereocenters. The van der Waals surface area contributed by atoms with Gasteiger partial charge in [0.2, 0.25) is 29.7 Å². The van der Waals surface area contributed by atoms with Gasteiger partial charge in [0, 0.05) is 50.0 Å². The molecular weight excluding hydrogens is 608 g/mol. The van der Waals surface area contributed by atoms with Gasteiger partial charge in [0.05, 0.1) is 24.2 Å². The van der Waals surface area contributed by atoms with E-state index in [1.165, 1.54) is 4.57 Å². The zero-order valence-corrected chi connectivity index (χ0v) is 25.0. The molecule has 1 N–H and O–H groups in total. The number of ether oxygens (including phenoxy) is 1. The lowest BCUT2D eigenvalue weighted by Gasteiger charge is -2.36. The number of imidazole rings is 1. The van der Waals surface area contributed by atoms with E-state index in [0.717, 1.165) is 0 Å². The van der Waals surface area contributed by atoms with E-state index >= 15 is 0 Å². The number of hydrogen-bond acceptors (Lipinski definition) is 9. The lowest BCUT2D eigenvalue weighted by atomic mass is 10.0. The minimum absolute atomic E-state index is 0.0404. The molecule has 3 aliphatic rings. The average molecular weight is 638 g/mol. The van der Waals surface area contributed by atoms with Crippen molar-refractivity contribution in [2.75, 3.05) is 67.6 Å². The largest absolute Gasteiger partial charge is 0.378 e. The van der Waals surface area contributed by atoms with Crippen LogP contribution in [-0.4, -0.2) is 93.7 Å². The summed E-state index contributed by atoms with van der Waals surface area (Å²) >= 11 is 6.06. The van der Waals surface area contributed by atoms with Crippen LogP contribution < -0.4 is 15.1 Å². The molecule has 4 heterocycles. The van der Waals surface area contributed by atoms with Gasteiger partial charge in [0.15, 0.2) is 5.82 Å². The summed E-state index contributed by atoms with van der Waals surface area (Å²) in [5.41, 5.74) is 0.309. The van der Waals surface area contributed by atoms with E-state index in [2.05, 4.69) is 20.3 Å². The molecule has 15 heteroatoms. The monoisotopic (exact) mass is 637 g/mol. The number of rotatable bonds is 7. The number of morpholine rings is 1. The molecule has 2 aromatic heterocycles. The Bertz CT molecular complexity index is 1750. The van der Waals surface area contributed by atoms with Gasteiger partial charge in [-0.05, 0) is 43.2 Å². The molecule has 7 rings (SSSR count). The Morgan fingerprint density at radius 1 is 0.844 bits per heavy atom. The van der Waals surface area contributed by atoms with Crippen LogP contribution in [0.4, 0.5) is 26.4 Å². The molecule has 12 nitrogen and oxygen atoms in total. The third kappa shape index (κ3) is 5.63. The Hall–Kier alpha value is -4.43. The predicted octanol–water partition coefficient (Wildman–Crippen LogP) is 3.71. The molecular formula is C30H30ClF2N9O3. The van der Waals surface area contributed by atoms with Crippen LogP contribution in [0.5, 0.6) is 0 Å². The summed E-state index contributed by atoms with van der Waals surface area (Å²) in [7, 11) is 0. The second-order valence-corrected chi connectivity index (χ2v) is 11.7. The molecule has 0 spiro atoms. The number of hydrogen-bond donors (Lipinski definition) is 1. The highest BCUT2D eigenvalue weighted by atomic mass is 35.5. The fraction of sp³-hybridized carbons (Fsp3) is 0.400. The Morgan fingerprint density at radius 2 is 1.51 bits per heavy atom. The summed E-state index contributed by atoms with van der Waals surface area (Å²) in [4.78, 5) is 50.5. The average Bonchev–Trinajstić information content (AvgIpc) is 3.78. The fourth-order valence-corrected chi connectivity index (χ4v) is 5.97. The van der Waals surface area contributed by atoms with Gasteiger partial charge in [-0.25, -0.2) is 13.8 Å². The third-order valence-electron chi connectivity index (χ3n) is 8.40. The van der Waals surface area contributed by atoms with Gasteiger partial charge < -0.3 is 24.8 Å². The zero-order valence-electron chi connectivity index (χ0n) is 24.2. The lowest BCUT2D eigenvalue weighted by Crippen LogP contribution is -2.53. The fourth-order valence-electron chi connectivity index (χ4n) is 5.78. The topological polar surface area (TPSA) is 122 Å². The number of carbonyl (C=O) groups is 2. The molecule has 0 atom stereocenters. The summed E-state index contributed by atoms with van der Waals surface area (Å²) in [6, 6.07) is 13.7. The van der Waals surface area contributed by atoms with Gasteiger partial charge >= 0.3 is 0 Å². The highest BCUT2D eigenvalue weighted by molar-refractivity contribution is 6.31. The van der Waals surface area contributed by atoms with E-state index < -0.39 is 17.7 Å². The van der Waals surface area contributed by atoms with Crippen molar-refractivity contribution in [1.29, 1.82) is 0 Å². The van der Waals surface area contributed by atoms with Gasteiger partial charge in [-0.2, -0.15) is 15.0 Å². The summed E-state index contributed by atoms with van der Waals surface area (Å²) in [5.74, 6) is -0.299. The van der Waals surface area contributed by atoms with E-state index in [1.807, 2.05) is 9.80 Å². The maximum absolute atomic E-state index is 14.2. The Balaban J connectivity index is 1.14. The normalized spacial score (nSPS) is 18.0. The van der Waals surface area contributed by atoms with Crippen molar-refractivity contribution in [1.82, 2.24) is 29.4 Å². The van der Waals surface area contributed by atoms with Crippen molar-refractivity contribution in [2.45, 2.75) is 19.3 Å². The van der Waals surface area contributed by atoms with E-state index in [-0.39, 0.29) is 17.8 Å². The number of nitrogens with zero attached hydrogens (tertiary/aromatic N) is 8. The van der Waals surface area contributed by atoms with Gasteiger partial charge in [-0.15, -0.1) is 0 Å². The van der Waals surface area contributed by atoms with Crippen molar-refractivity contribution >= 4 is 52.0 Å². The number of halogens is 3. The molecule has 2 amide bonds. The number of carbonyl (C=O) groups excluding carboxylic acids is 2. The molecule has 0 bridgehead atoms. The SMILES string of the molecule is O=C(Nc1cccc(Cl)c1)C1(C(=O)N2CCN(c3nc(N4CCOCC4)nc(-n4c(C(F)F)nc5ccccc54)n3)CC2)CC1. The van der Waals surface area contributed by atoms with Crippen LogP contribution in [0.3, 0.4) is 0 Å². The first kappa shape index (κ1) is 29.3. The standard InChI is InChI=1S/C30H30ClF2N9O3/c31-19-4-3-5-20(18-19)34-25(43)30(8-9-30)26(44)39-10-12-40(13-11-39)27-36-28(41-14-16-45-17-15-41)38-29(37-27)42-22-7-2-1-6-21(22)35-24(42)23(32)33/h1-7,18,23H,8-17H2,(H,34,43). The molecule has 2 aliphatic heterocycles. The number of benzene rings is 2. The molecule has 4 aromatic rings. The lowest BCUT2D eigenvalue weighted by molar-refractivity contribution is -0.142. The summed E-state index contributed by atoms with van der Waals surface area (Å²) < 4.78 is 35.2. The van der Waals surface area contributed by atoms with Crippen LogP contribution in [-0.2, 0) is 14.3 Å². The molecule has 2 aromatic carbocycles. The number of fused-ring (bicyclic) bond motifs is 1. The maximum Gasteiger partial charge on any atom is 0.296 e. The second kappa shape index (κ2) is 11.8. The molecule has 45 heavy (non-hydrogen) atoms. The van der Waals surface area contributed by atoms with Gasteiger partial charge in [0.25, 0.3) is 6.43 Å². The minimum atomic E-state index is -2.86. The highest BCUT2D eigenvalue weighted by Crippen LogP contribution is 2.48. The van der Waals surface area contributed by atoms with Crippen molar-refractivity contribution in [3.05, 3.63) is 59.4 Å². The van der Waals surface area contributed by atoms with Crippen LogP contribution in [0.15, 0.2) is 48.5 Å². The zero-order chi connectivity index (χ0) is 31.1. The van der Waals surface area contributed by atoms with Crippen LogP contribution in [0.25, 0.3) is 17.0 Å². The van der Waals surface area contributed by atoms with Crippen LogP contribution >= 0.6 is 11.6 Å². The Morgan fingerprint density at radius 3 is 2.18 bits per heavy atom. The number of alkyl halides is 2. The number of anilines is 3. The first-order chi connectivity index (χ1) is 21.8. The van der Waals surface area contributed by atoms with Gasteiger partial charge in [-0.1, -0.05) is 29.8 Å². The van der Waals surface area contributed by atoms with E-state index in [4.69, 9.17) is 21.3 Å². The minimum Gasteiger partial charge on any atom is -0.378 e. The quantitative estimate of drug-likeness (QED) is 0.302. The van der Waals surface area contributed by atoms with Crippen molar-refractivity contribution in [2.24, 2.45) is 5.41 Å². The number of aromatic nitrogens is 5. The molecule has 2 saturated heterocycles. The summed E-state index contributed by atoms with van der Waals surface area (Å²) in [6.45, 7) is 3.50. The van der Waals surface area contributed by atoms with Gasteiger partial charge in [0.1, 0.15) is 5.41 Å². The van der Waals surface area contributed by atoms with Crippen LogP contribution in [0.1, 0.15) is 25.1 Å². The first-order valence-electron chi connectivity index (χ1n) is 14.8. The highest BCUT2D eigenvalue weighted by Gasteiger charge is 2.58. The smallest absolute Gasteiger partial charge is 0.296 e. The van der Waals surface area contributed by atoms with Crippen LogP contribution in [0.2, 0.25) is 5.02 Å². The predicted molar refractivity (Wildman–Crippen MR) is 163 cm³/mol. The number of nitrogens with one attached hydrogen (secondary N) is 1. The van der Waals surface area contributed by atoms with Crippen molar-refractivity contribution < 1.29 is 23.1 Å². The molecule has 1 aliphatic carbocycles. The summed E-state index contributed by atoms with van der Waals surface area (Å²) in [5, 5.41) is 3.33. The van der Waals surface area contributed by atoms with E-state index in [0.29, 0.717) is 99.0 Å². The van der Waals surface area contributed by atoms with E-state index in [1.54, 1.807) is 53.4 Å². The van der Waals surface area contributed by atoms with E-state index in [9.17, 15) is 18.4 Å². The summed E-state index contributed by atoms with van der Waals surface area (Å²) in [6.07, 6.45) is -1.91. The third-order valence-corrected chi connectivity index (χ3v) is 8.64. The van der Waals surface area contributed by atoms with Crippen LogP contribution in [0, 0.1) is 5.41 Å². The Labute approximate surface area is 262 Å². The number of amides is 2. The van der Waals surface area contributed by atoms with Gasteiger partial charge in [-0.3, -0.25) is 14.2 Å². The second-order valence-electron chi connectivity index (χ2n) is 11.3.